The van der Waals surface area contributed by atoms with E-state index < -0.39 is 8.24 Å². The molecule has 3 aromatic carbocycles. The van der Waals surface area contributed by atoms with Crippen LogP contribution in [0.2, 0.25) is 5.54 Å². The summed E-state index contributed by atoms with van der Waals surface area (Å²) >= 11 is 0. The van der Waals surface area contributed by atoms with Crippen molar-refractivity contribution in [2.75, 3.05) is 0 Å². The van der Waals surface area contributed by atoms with Crippen molar-refractivity contribution in [3.05, 3.63) is 119 Å². The number of aryl methyl sites for hydroxylation is 2. The van der Waals surface area contributed by atoms with Gasteiger partial charge in [-0.2, -0.15) is 0 Å². The largest absolute Gasteiger partial charge is 0.325 e. The number of rotatable bonds is 5. The van der Waals surface area contributed by atoms with Crippen molar-refractivity contribution in [3.8, 4) is 0 Å². The van der Waals surface area contributed by atoms with Crippen molar-refractivity contribution in [2.24, 2.45) is 11.8 Å². The van der Waals surface area contributed by atoms with Crippen LogP contribution in [0, 0.1) is 25.7 Å². The lowest BCUT2D eigenvalue weighted by atomic mass is 9.89. The van der Waals surface area contributed by atoms with Gasteiger partial charge in [-0.15, -0.1) is 0 Å². The Balaban J connectivity index is 1.50. The van der Waals surface area contributed by atoms with Gasteiger partial charge in [0.25, 0.3) is 0 Å². The molecule has 3 aliphatic rings. The topological polar surface area (TPSA) is 15.3 Å². The summed E-state index contributed by atoms with van der Waals surface area (Å²) in [7, 11) is -2.44. The van der Waals surface area contributed by atoms with Gasteiger partial charge in [-0.05, 0) is 79.9 Å². The van der Waals surface area contributed by atoms with Crippen LogP contribution >= 0.6 is 0 Å². The molecule has 38 heavy (non-hydrogen) atoms. The third kappa shape index (κ3) is 4.55. The van der Waals surface area contributed by atoms with Gasteiger partial charge in [0.2, 0.25) is 0 Å². The molecule has 0 saturated heterocycles. The average molecular weight is 519 g/mol. The molecule has 2 aliphatic carbocycles. The van der Waals surface area contributed by atoms with Crippen molar-refractivity contribution in [3.63, 3.8) is 0 Å². The molecule has 2 nitrogen and oxygen atoms in total. The van der Waals surface area contributed by atoms with E-state index in [1.807, 2.05) is 0 Å². The third-order valence-electron chi connectivity index (χ3n) is 9.10. The zero-order valence-electron chi connectivity index (χ0n) is 23.6. The van der Waals surface area contributed by atoms with Gasteiger partial charge in [-0.3, -0.25) is 4.90 Å². The van der Waals surface area contributed by atoms with E-state index in [1.165, 1.54) is 39.0 Å². The Kier molecular flexibility index (Phi) is 6.58. The Bertz CT molecular complexity index is 1280. The van der Waals surface area contributed by atoms with Gasteiger partial charge in [0, 0.05) is 24.7 Å². The normalized spacial score (nSPS) is 25.0. The molecule has 6 rings (SSSR count). The Morgan fingerprint density at radius 3 is 1.71 bits per heavy atom. The standard InChI is InChI=1S/C35H42N2Si/c1-25-14-18-29(19-15-25)38(36-35(3,4)5,30-20-16-26(2)17-21-30)34-22-33(31-12-8-9-13-32(31)34)37-23-27-10-6-7-11-28(27)24-37/h6-21,31-34,36H,22-24H2,1-5H3/t31?,32?,33?,34-/m1/s1. The number of nitrogens with one attached hydrogen (secondary N) is 1. The molecule has 0 spiro atoms. The van der Waals surface area contributed by atoms with Crippen molar-refractivity contribution < 1.29 is 0 Å². The summed E-state index contributed by atoms with van der Waals surface area (Å²) in [6, 6.07) is 28.7. The first kappa shape index (κ1) is 25.5. The monoisotopic (exact) mass is 518 g/mol. The predicted octanol–water partition coefficient (Wildman–Crippen LogP) is 6.27. The molecular formula is C35H42N2Si. The fraction of sp³-hybridized carbons (Fsp3) is 0.371. The molecule has 1 N–H and O–H groups in total. The lowest BCUT2D eigenvalue weighted by Gasteiger charge is -2.46. The highest BCUT2D eigenvalue weighted by atomic mass is 28.3. The van der Waals surface area contributed by atoms with Crippen LogP contribution in [-0.2, 0) is 13.1 Å². The van der Waals surface area contributed by atoms with E-state index in [4.69, 9.17) is 0 Å². The average Bonchev–Trinajstić information content (AvgIpc) is 3.50. The third-order valence-corrected chi connectivity index (χ3v) is 14.5. The Morgan fingerprint density at radius 1 is 0.711 bits per heavy atom. The highest BCUT2D eigenvalue weighted by Gasteiger charge is 2.57. The summed E-state index contributed by atoms with van der Waals surface area (Å²) in [5, 5.41) is 3.03. The van der Waals surface area contributed by atoms with Crippen LogP contribution in [0.15, 0.2) is 97.1 Å². The maximum atomic E-state index is 4.41. The van der Waals surface area contributed by atoms with Crippen molar-refractivity contribution in [1.29, 1.82) is 0 Å². The highest BCUT2D eigenvalue weighted by molar-refractivity contribution is 7.01. The van der Waals surface area contributed by atoms with Crippen LogP contribution in [0.4, 0.5) is 0 Å². The second-order valence-corrected chi connectivity index (χ2v) is 16.7. The first-order valence-electron chi connectivity index (χ1n) is 14.3. The minimum absolute atomic E-state index is 0.00627. The maximum absolute atomic E-state index is 4.41. The van der Waals surface area contributed by atoms with E-state index in [-0.39, 0.29) is 5.54 Å². The van der Waals surface area contributed by atoms with Crippen molar-refractivity contribution in [1.82, 2.24) is 9.88 Å². The predicted molar refractivity (Wildman–Crippen MR) is 163 cm³/mol. The van der Waals surface area contributed by atoms with E-state index in [9.17, 15) is 0 Å². The second kappa shape index (κ2) is 9.79. The smallest absolute Gasteiger partial charge is 0.194 e. The first-order valence-corrected chi connectivity index (χ1v) is 16.4. The number of allylic oxidation sites excluding steroid dienone is 3. The molecule has 1 fully saturated rings. The first-order chi connectivity index (χ1) is 18.2. The molecule has 3 heteroatoms. The Labute approximate surface area is 230 Å². The van der Waals surface area contributed by atoms with Crippen LogP contribution in [0.5, 0.6) is 0 Å². The molecule has 3 unspecified atom stereocenters. The zero-order valence-corrected chi connectivity index (χ0v) is 24.6. The van der Waals surface area contributed by atoms with Crippen LogP contribution < -0.4 is 15.4 Å². The maximum Gasteiger partial charge on any atom is 0.194 e. The van der Waals surface area contributed by atoms with Gasteiger partial charge in [0.05, 0.1) is 0 Å². The lowest BCUT2D eigenvalue weighted by Crippen LogP contribution is -2.75. The van der Waals surface area contributed by atoms with Gasteiger partial charge in [0.1, 0.15) is 0 Å². The van der Waals surface area contributed by atoms with Gasteiger partial charge < -0.3 is 4.98 Å². The number of nitrogens with zero attached hydrogens (tertiary/aromatic N) is 1. The van der Waals surface area contributed by atoms with Crippen LogP contribution in [0.3, 0.4) is 0 Å². The molecule has 0 amide bonds. The molecule has 196 valence electrons. The minimum Gasteiger partial charge on any atom is -0.325 e. The second-order valence-electron chi connectivity index (χ2n) is 12.9. The van der Waals surface area contributed by atoms with Crippen LogP contribution in [-0.4, -0.2) is 24.7 Å². The summed E-state index contributed by atoms with van der Waals surface area (Å²) in [6.45, 7) is 13.6. The molecular weight excluding hydrogens is 476 g/mol. The van der Waals surface area contributed by atoms with E-state index in [2.05, 4.69) is 142 Å². The van der Waals surface area contributed by atoms with E-state index >= 15 is 0 Å². The number of hydrogen-bond donors (Lipinski definition) is 1. The van der Waals surface area contributed by atoms with E-state index in [1.54, 1.807) is 0 Å². The van der Waals surface area contributed by atoms with Crippen LogP contribution in [0.25, 0.3) is 0 Å². The van der Waals surface area contributed by atoms with E-state index in [0.717, 1.165) is 13.1 Å². The number of fused-ring (bicyclic) bond motifs is 2. The molecule has 1 saturated carbocycles. The van der Waals surface area contributed by atoms with Gasteiger partial charge in [-0.25, -0.2) is 0 Å². The summed E-state index contributed by atoms with van der Waals surface area (Å²) in [4.78, 5) is 7.19. The van der Waals surface area contributed by atoms with Gasteiger partial charge in [-0.1, -0.05) is 108 Å². The van der Waals surface area contributed by atoms with Gasteiger partial charge in [0.15, 0.2) is 8.24 Å². The fourth-order valence-electron chi connectivity index (χ4n) is 7.51. The molecule has 1 heterocycles. The molecule has 4 atom stereocenters. The Morgan fingerprint density at radius 2 is 1.21 bits per heavy atom. The molecule has 0 bridgehead atoms. The van der Waals surface area contributed by atoms with Crippen molar-refractivity contribution >= 4 is 18.6 Å². The summed E-state index contributed by atoms with van der Waals surface area (Å²) in [6.07, 6.45) is 10.9. The minimum atomic E-state index is -2.44. The highest BCUT2D eigenvalue weighted by Crippen LogP contribution is 2.51. The number of hydrogen-bond acceptors (Lipinski definition) is 2. The summed E-state index contributed by atoms with van der Waals surface area (Å²) in [5.41, 5.74) is 6.22. The molecule has 1 aliphatic heterocycles. The molecule has 3 aromatic rings. The Hall–Kier alpha value is -2.72. The van der Waals surface area contributed by atoms with Gasteiger partial charge >= 0.3 is 0 Å². The van der Waals surface area contributed by atoms with Crippen LogP contribution in [0.1, 0.15) is 49.4 Å². The van der Waals surface area contributed by atoms with Crippen molar-refractivity contribution in [2.45, 2.75) is 71.3 Å². The molecule has 0 aromatic heterocycles. The fourth-order valence-corrected chi connectivity index (χ4v) is 13.2. The quantitative estimate of drug-likeness (QED) is 0.401. The molecule has 0 radical (unpaired) electrons. The summed E-state index contributed by atoms with van der Waals surface area (Å²) in [5.74, 6) is 1.07. The SMILES string of the molecule is Cc1ccc([Si](NC(C)(C)C)(c2ccc(C)cc2)[C@@H]2CC(N3Cc4ccccc4C3)C3C=CC=CC32)cc1. The number of benzene rings is 3. The summed E-state index contributed by atoms with van der Waals surface area (Å²) < 4.78 is 0. The lowest BCUT2D eigenvalue weighted by molar-refractivity contribution is 0.171. The van der Waals surface area contributed by atoms with E-state index in [0.29, 0.717) is 23.4 Å². The zero-order chi connectivity index (χ0) is 26.5.